The van der Waals surface area contributed by atoms with Crippen molar-refractivity contribution in [3.63, 3.8) is 0 Å². The summed E-state index contributed by atoms with van der Waals surface area (Å²) in [5, 5.41) is 10.5. The average Bonchev–Trinajstić information content (AvgIpc) is 2.68. The van der Waals surface area contributed by atoms with Crippen molar-refractivity contribution in [1.82, 2.24) is 4.57 Å². The van der Waals surface area contributed by atoms with Crippen molar-refractivity contribution >= 4 is 16.9 Å². The molecular formula is C13H16N2O3. The molecule has 5 heteroatoms. The van der Waals surface area contributed by atoms with Gasteiger partial charge in [0.15, 0.2) is 0 Å². The van der Waals surface area contributed by atoms with Crippen LogP contribution in [0.15, 0.2) is 24.4 Å². The third-order valence-corrected chi connectivity index (χ3v) is 2.90. The largest absolute Gasteiger partial charge is 0.507 e. The summed E-state index contributed by atoms with van der Waals surface area (Å²) in [4.78, 5) is 11.7. The maximum atomic E-state index is 11.7. The number of esters is 1. The third-order valence-electron chi connectivity index (χ3n) is 2.90. The Morgan fingerprint density at radius 3 is 2.94 bits per heavy atom. The van der Waals surface area contributed by atoms with Crippen molar-refractivity contribution in [2.45, 2.75) is 13.0 Å². The van der Waals surface area contributed by atoms with E-state index < -0.39 is 12.0 Å². The normalized spacial score (nSPS) is 12.6. The number of phenols is 1. The Balaban J connectivity index is 2.54. The van der Waals surface area contributed by atoms with Crippen molar-refractivity contribution in [3.05, 3.63) is 30.0 Å². The molecule has 96 valence electrons. The first-order valence-corrected chi connectivity index (χ1v) is 5.75. The Bertz CT molecular complexity index is 589. The molecule has 0 aliphatic heterocycles. The third kappa shape index (κ3) is 1.93. The number of fused-ring (bicyclic) bond motifs is 1. The molecule has 1 aromatic heterocycles. The molecule has 18 heavy (non-hydrogen) atoms. The summed E-state index contributed by atoms with van der Waals surface area (Å²) in [6.07, 6.45) is 1.74. The Labute approximate surface area is 105 Å². The van der Waals surface area contributed by atoms with Gasteiger partial charge < -0.3 is 20.1 Å². The van der Waals surface area contributed by atoms with E-state index in [2.05, 4.69) is 0 Å². The zero-order chi connectivity index (χ0) is 13.3. The van der Waals surface area contributed by atoms with Crippen molar-refractivity contribution < 1.29 is 14.6 Å². The molecule has 0 saturated carbocycles. The van der Waals surface area contributed by atoms with Crippen LogP contribution in [-0.4, -0.2) is 22.2 Å². The highest BCUT2D eigenvalue weighted by Gasteiger charge is 2.22. The van der Waals surface area contributed by atoms with Crippen LogP contribution in [0.2, 0.25) is 0 Å². The van der Waals surface area contributed by atoms with Gasteiger partial charge in [0.25, 0.3) is 0 Å². The van der Waals surface area contributed by atoms with Crippen LogP contribution in [0.5, 0.6) is 5.75 Å². The van der Waals surface area contributed by atoms with Gasteiger partial charge in [0.1, 0.15) is 11.8 Å². The second-order valence-electron chi connectivity index (χ2n) is 4.10. The lowest BCUT2D eigenvalue weighted by atomic mass is 10.1. The molecule has 3 N–H and O–H groups in total. The van der Waals surface area contributed by atoms with Crippen LogP contribution in [0.4, 0.5) is 0 Å². The van der Waals surface area contributed by atoms with E-state index in [1.807, 2.05) is 17.7 Å². The first-order valence-electron chi connectivity index (χ1n) is 5.75. The van der Waals surface area contributed by atoms with Crippen molar-refractivity contribution in [1.29, 1.82) is 0 Å². The number of rotatable bonds is 3. The first-order chi connectivity index (χ1) is 8.56. The van der Waals surface area contributed by atoms with Crippen LogP contribution < -0.4 is 5.73 Å². The fourth-order valence-corrected chi connectivity index (χ4v) is 2.06. The molecule has 0 amide bonds. The fraction of sp³-hybridized carbons (Fsp3) is 0.308. The number of ether oxygens (including phenoxy) is 1. The minimum atomic E-state index is -0.887. The maximum Gasteiger partial charge on any atom is 0.327 e. The summed E-state index contributed by atoms with van der Waals surface area (Å²) in [7, 11) is 1.84. The Hall–Kier alpha value is -2.01. The molecule has 1 unspecified atom stereocenters. The van der Waals surface area contributed by atoms with E-state index in [0.29, 0.717) is 10.9 Å². The SMILES string of the molecule is CCOC(=O)C(N)c1cn(C)c2cccc(O)c12. The number of nitrogens with two attached hydrogens (primary N) is 1. The Morgan fingerprint density at radius 1 is 1.56 bits per heavy atom. The number of benzene rings is 1. The zero-order valence-corrected chi connectivity index (χ0v) is 10.4. The molecule has 0 bridgehead atoms. The second kappa shape index (κ2) is 4.70. The van der Waals surface area contributed by atoms with Crippen LogP contribution >= 0.6 is 0 Å². The summed E-state index contributed by atoms with van der Waals surface area (Å²) in [6, 6.07) is 4.29. The van der Waals surface area contributed by atoms with Gasteiger partial charge in [0.05, 0.1) is 12.1 Å². The molecule has 0 spiro atoms. The van der Waals surface area contributed by atoms with Crippen molar-refractivity contribution in [3.8, 4) is 5.75 Å². The fourth-order valence-electron chi connectivity index (χ4n) is 2.06. The van der Waals surface area contributed by atoms with Gasteiger partial charge in [-0.25, -0.2) is 4.79 Å². The van der Waals surface area contributed by atoms with E-state index in [1.165, 1.54) is 0 Å². The predicted octanol–water partition coefficient (Wildman–Crippen LogP) is 1.45. The van der Waals surface area contributed by atoms with E-state index in [-0.39, 0.29) is 12.4 Å². The van der Waals surface area contributed by atoms with Gasteiger partial charge in [-0.15, -0.1) is 0 Å². The van der Waals surface area contributed by atoms with Gasteiger partial charge in [-0.1, -0.05) is 6.07 Å². The van der Waals surface area contributed by atoms with Gasteiger partial charge in [0.2, 0.25) is 0 Å². The van der Waals surface area contributed by atoms with Crippen LogP contribution in [0, 0.1) is 0 Å². The van der Waals surface area contributed by atoms with Gasteiger partial charge >= 0.3 is 5.97 Å². The minimum Gasteiger partial charge on any atom is -0.507 e. The molecule has 1 heterocycles. The number of aromatic hydroxyl groups is 1. The van der Waals surface area contributed by atoms with E-state index in [4.69, 9.17) is 10.5 Å². The van der Waals surface area contributed by atoms with Crippen LogP contribution in [0.25, 0.3) is 10.9 Å². The molecule has 0 saturated heterocycles. The number of hydrogen-bond acceptors (Lipinski definition) is 4. The number of carbonyl (C=O) groups excluding carboxylic acids is 1. The monoisotopic (exact) mass is 248 g/mol. The summed E-state index contributed by atoms with van der Waals surface area (Å²) in [5.41, 5.74) is 7.27. The topological polar surface area (TPSA) is 77.5 Å². The zero-order valence-electron chi connectivity index (χ0n) is 10.4. The predicted molar refractivity (Wildman–Crippen MR) is 68.1 cm³/mol. The number of hydrogen-bond donors (Lipinski definition) is 2. The summed E-state index contributed by atoms with van der Waals surface area (Å²) in [5.74, 6) is -0.379. The molecule has 0 aliphatic carbocycles. The van der Waals surface area contributed by atoms with E-state index in [0.717, 1.165) is 5.52 Å². The number of carbonyl (C=O) groups is 1. The molecule has 0 fully saturated rings. The molecule has 0 aliphatic rings. The molecule has 2 aromatic rings. The quantitative estimate of drug-likeness (QED) is 0.806. The van der Waals surface area contributed by atoms with Gasteiger partial charge in [0, 0.05) is 24.2 Å². The Morgan fingerprint density at radius 2 is 2.28 bits per heavy atom. The summed E-state index contributed by atoms with van der Waals surface area (Å²) in [6.45, 7) is 2.01. The standard InChI is InChI=1S/C13H16N2O3/c1-3-18-13(17)12(14)8-7-15(2)9-5-4-6-10(16)11(8)9/h4-7,12,16H,3,14H2,1-2H3. The molecule has 0 radical (unpaired) electrons. The highest BCUT2D eigenvalue weighted by atomic mass is 16.5. The highest BCUT2D eigenvalue weighted by Crippen LogP contribution is 2.32. The first kappa shape index (κ1) is 12.4. The molecule has 5 nitrogen and oxygen atoms in total. The molecule has 2 rings (SSSR count). The number of phenolic OH excluding ortho intramolecular Hbond substituents is 1. The summed E-state index contributed by atoms with van der Waals surface area (Å²) < 4.78 is 6.72. The lowest BCUT2D eigenvalue weighted by Crippen LogP contribution is -2.23. The van der Waals surface area contributed by atoms with E-state index >= 15 is 0 Å². The minimum absolute atomic E-state index is 0.114. The number of aryl methyl sites for hydroxylation is 1. The molecule has 1 atom stereocenters. The van der Waals surface area contributed by atoms with Gasteiger partial charge in [-0.3, -0.25) is 0 Å². The van der Waals surface area contributed by atoms with Crippen LogP contribution in [0.3, 0.4) is 0 Å². The average molecular weight is 248 g/mol. The van der Waals surface area contributed by atoms with Gasteiger partial charge in [-0.05, 0) is 19.1 Å². The maximum absolute atomic E-state index is 11.7. The lowest BCUT2D eigenvalue weighted by Gasteiger charge is -2.09. The van der Waals surface area contributed by atoms with Crippen molar-refractivity contribution in [2.24, 2.45) is 12.8 Å². The highest BCUT2D eigenvalue weighted by molar-refractivity contribution is 5.94. The van der Waals surface area contributed by atoms with E-state index in [1.54, 1.807) is 25.3 Å². The smallest absolute Gasteiger partial charge is 0.327 e. The summed E-state index contributed by atoms with van der Waals surface area (Å²) >= 11 is 0. The Kier molecular flexibility index (Phi) is 3.25. The van der Waals surface area contributed by atoms with Crippen molar-refractivity contribution in [2.75, 3.05) is 6.61 Å². The number of nitrogens with zero attached hydrogens (tertiary/aromatic N) is 1. The molecule has 1 aromatic carbocycles. The second-order valence-corrected chi connectivity index (χ2v) is 4.10. The number of aromatic nitrogens is 1. The van der Waals surface area contributed by atoms with E-state index in [9.17, 15) is 9.90 Å². The van der Waals surface area contributed by atoms with Crippen LogP contribution in [0.1, 0.15) is 18.5 Å². The lowest BCUT2D eigenvalue weighted by molar-refractivity contribution is -0.144. The van der Waals surface area contributed by atoms with Crippen LogP contribution in [-0.2, 0) is 16.6 Å². The molecular weight excluding hydrogens is 232 g/mol. The van der Waals surface area contributed by atoms with Gasteiger partial charge in [-0.2, -0.15) is 0 Å².